The van der Waals surface area contributed by atoms with Gasteiger partial charge < -0.3 is 0 Å². The number of halogens is 1. The van der Waals surface area contributed by atoms with Crippen LogP contribution in [0.15, 0.2) is 18.2 Å². The largest absolute Gasteiger partial charge is 0.241 e. The summed E-state index contributed by atoms with van der Waals surface area (Å²) in [5, 5.41) is 8.53. The van der Waals surface area contributed by atoms with Gasteiger partial charge in [-0.25, -0.2) is 4.98 Å². The van der Waals surface area contributed by atoms with Crippen molar-refractivity contribution in [3.8, 4) is 6.07 Å². The first-order chi connectivity index (χ1) is 5.24. The number of hydrogen-bond acceptors (Lipinski definition) is 2. The molecule has 11 heavy (non-hydrogen) atoms. The van der Waals surface area contributed by atoms with E-state index in [4.69, 9.17) is 5.26 Å². The molecule has 1 rings (SSSR count). The zero-order chi connectivity index (χ0) is 8.27. The van der Waals surface area contributed by atoms with Crippen molar-refractivity contribution in [3.05, 3.63) is 29.6 Å². The lowest BCUT2D eigenvalue weighted by molar-refractivity contribution is 1.03. The molecule has 0 aromatic carbocycles. The third kappa shape index (κ3) is 2.15. The van der Waals surface area contributed by atoms with Crippen LogP contribution in [-0.4, -0.2) is 4.98 Å². The molecule has 56 valence electrons. The number of nitrogens with zero attached hydrogens (tertiary/aromatic N) is 2. The SMILES string of the molecule is C[C@@H](I)c1cccc(C#N)n1. The van der Waals surface area contributed by atoms with E-state index in [9.17, 15) is 0 Å². The normalized spacial score (nSPS) is 12.1. The van der Waals surface area contributed by atoms with E-state index < -0.39 is 0 Å². The van der Waals surface area contributed by atoms with Crippen LogP contribution < -0.4 is 0 Å². The predicted octanol–water partition coefficient (Wildman–Crippen LogP) is 2.45. The van der Waals surface area contributed by atoms with E-state index >= 15 is 0 Å². The summed E-state index contributed by atoms with van der Waals surface area (Å²) in [6, 6.07) is 7.50. The molecule has 0 fully saturated rings. The van der Waals surface area contributed by atoms with E-state index in [0.29, 0.717) is 9.62 Å². The van der Waals surface area contributed by atoms with Crippen LogP contribution in [0.3, 0.4) is 0 Å². The molecule has 0 saturated carbocycles. The highest BCUT2D eigenvalue weighted by molar-refractivity contribution is 14.1. The minimum Gasteiger partial charge on any atom is -0.241 e. The molecule has 0 aliphatic rings. The fraction of sp³-hybridized carbons (Fsp3) is 0.250. The average Bonchev–Trinajstić information content (AvgIpc) is 2.05. The molecule has 0 aliphatic heterocycles. The van der Waals surface area contributed by atoms with Crippen LogP contribution >= 0.6 is 22.6 Å². The molecular formula is C8H7IN2. The maximum Gasteiger partial charge on any atom is 0.140 e. The Hall–Kier alpha value is -0.630. The molecule has 2 nitrogen and oxygen atoms in total. The zero-order valence-electron chi connectivity index (χ0n) is 6.08. The van der Waals surface area contributed by atoms with Crippen molar-refractivity contribution in [3.63, 3.8) is 0 Å². The molecule has 1 aromatic heterocycles. The van der Waals surface area contributed by atoms with Gasteiger partial charge in [0.15, 0.2) is 0 Å². The van der Waals surface area contributed by atoms with Crippen molar-refractivity contribution in [2.75, 3.05) is 0 Å². The maximum absolute atomic E-state index is 8.53. The molecule has 1 atom stereocenters. The highest BCUT2D eigenvalue weighted by atomic mass is 127. The van der Waals surface area contributed by atoms with E-state index in [1.165, 1.54) is 0 Å². The Labute approximate surface area is 79.4 Å². The van der Waals surface area contributed by atoms with Gasteiger partial charge >= 0.3 is 0 Å². The average molecular weight is 258 g/mol. The van der Waals surface area contributed by atoms with Gasteiger partial charge in [-0.3, -0.25) is 0 Å². The first kappa shape index (κ1) is 8.47. The Kier molecular flexibility index (Phi) is 2.83. The molecule has 0 saturated heterocycles. The first-order valence-electron chi connectivity index (χ1n) is 3.25. The van der Waals surface area contributed by atoms with Crippen LogP contribution in [-0.2, 0) is 0 Å². The third-order valence-corrected chi connectivity index (χ3v) is 1.93. The fourth-order valence-electron chi connectivity index (χ4n) is 0.735. The molecule has 0 radical (unpaired) electrons. The summed E-state index contributed by atoms with van der Waals surface area (Å²) in [6.45, 7) is 2.05. The minimum absolute atomic E-state index is 0.362. The number of hydrogen-bond donors (Lipinski definition) is 0. The van der Waals surface area contributed by atoms with Crippen molar-refractivity contribution in [2.24, 2.45) is 0 Å². The molecule has 0 aliphatic carbocycles. The van der Waals surface area contributed by atoms with Gasteiger partial charge in [0.2, 0.25) is 0 Å². The van der Waals surface area contributed by atoms with Gasteiger partial charge in [-0.1, -0.05) is 28.7 Å². The van der Waals surface area contributed by atoms with Gasteiger partial charge in [0.1, 0.15) is 11.8 Å². The lowest BCUT2D eigenvalue weighted by Crippen LogP contribution is -1.91. The Balaban J connectivity index is 3.03. The number of nitriles is 1. The Morgan fingerprint density at radius 3 is 2.91 bits per heavy atom. The second kappa shape index (κ2) is 3.67. The van der Waals surface area contributed by atoms with Crippen LogP contribution in [0, 0.1) is 11.3 Å². The monoisotopic (exact) mass is 258 g/mol. The molecule has 0 unspecified atom stereocenters. The van der Waals surface area contributed by atoms with Crippen LogP contribution in [0.1, 0.15) is 22.2 Å². The molecule has 0 spiro atoms. The van der Waals surface area contributed by atoms with Crippen molar-refractivity contribution >= 4 is 22.6 Å². The molecular weight excluding hydrogens is 251 g/mol. The number of alkyl halides is 1. The highest BCUT2D eigenvalue weighted by Gasteiger charge is 2.01. The summed E-state index contributed by atoms with van der Waals surface area (Å²) in [5.41, 5.74) is 1.45. The van der Waals surface area contributed by atoms with Crippen molar-refractivity contribution in [1.82, 2.24) is 4.98 Å². The van der Waals surface area contributed by atoms with E-state index in [2.05, 4.69) is 27.6 Å². The summed E-state index contributed by atoms with van der Waals surface area (Å²) in [6.07, 6.45) is 0. The topological polar surface area (TPSA) is 36.7 Å². The van der Waals surface area contributed by atoms with Gasteiger partial charge in [-0.2, -0.15) is 5.26 Å². The lowest BCUT2D eigenvalue weighted by atomic mass is 10.3. The van der Waals surface area contributed by atoms with Crippen LogP contribution in [0.4, 0.5) is 0 Å². The van der Waals surface area contributed by atoms with Crippen molar-refractivity contribution < 1.29 is 0 Å². The van der Waals surface area contributed by atoms with Crippen LogP contribution in [0.2, 0.25) is 0 Å². The summed E-state index contributed by atoms with van der Waals surface area (Å²) in [5.74, 6) is 0. The third-order valence-electron chi connectivity index (χ3n) is 1.29. The Bertz CT molecular complexity index is 288. The summed E-state index contributed by atoms with van der Waals surface area (Å²) >= 11 is 2.27. The Morgan fingerprint density at radius 1 is 1.64 bits per heavy atom. The minimum atomic E-state index is 0.362. The number of aromatic nitrogens is 1. The molecule has 0 amide bonds. The maximum atomic E-state index is 8.53. The van der Waals surface area contributed by atoms with Crippen LogP contribution in [0.5, 0.6) is 0 Å². The predicted molar refractivity (Wildman–Crippen MR) is 51.4 cm³/mol. The molecule has 1 heterocycles. The summed E-state index contributed by atoms with van der Waals surface area (Å²) < 4.78 is 0.362. The Morgan fingerprint density at radius 2 is 2.36 bits per heavy atom. The van der Waals surface area contributed by atoms with Gasteiger partial charge in [0, 0.05) is 0 Å². The van der Waals surface area contributed by atoms with Crippen molar-refractivity contribution in [1.29, 1.82) is 5.26 Å². The number of pyridine rings is 1. The summed E-state index contributed by atoms with van der Waals surface area (Å²) in [4.78, 5) is 4.12. The molecule has 3 heteroatoms. The van der Waals surface area contributed by atoms with Gasteiger partial charge in [0.25, 0.3) is 0 Å². The standard InChI is InChI=1S/C8H7IN2/c1-6(9)8-4-2-3-7(5-10)11-8/h2-4,6H,1H3/t6-/m1/s1. The second-order valence-corrected chi connectivity index (χ2v) is 4.04. The van der Waals surface area contributed by atoms with E-state index in [1.807, 2.05) is 25.1 Å². The first-order valence-corrected chi connectivity index (χ1v) is 4.49. The number of rotatable bonds is 1. The van der Waals surface area contributed by atoms with Gasteiger partial charge in [0.05, 0.1) is 9.62 Å². The molecule has 1 aromatic rings. The quantitative estimate of drug-likeness (QED) is 0.573. The second-order valence-electron chi connectivity index (χ2n) is 2.18. The van der Waals surface area contributed by atoms with E-state index in [-0.39, 0.29) is 0 Å². The molecule has 0 N–H and O–H groups in total. The smallest absolute Gasteiger partial charge is 0.140 e. The van der Waals surface area contributed by atoms with E-state index in [1.54, 1.807) is 6.07 Å². The zero-order valence-corrected chi connectivity index (χ0v) is 8.24. The van der Waals surface area contributed by atoms with Crippen LogP contribution in [0.25, 0.3) is 0 Å². The highest BCUT2D eigenvalue weighted by Crippen LogP contribution is 2.19. The lowest BCUT2D eigenvalue weighted by Gasteiger charge is -2.00. The fourth-order valence-corrected chi connectivity index (χ4v) is 1.08. The van der Waals surface area contributed by atoms with Gasteiger partial charge in [-0.05, 0) is 19.1 Å². The summed E-state index contributed by atoms with van der Waals surface area (Å²) in [7, 11) is 0. The molecule has 0 bridgehead atoms. The van der Waals surface area contributed by atoms with Gasteiger partial charge in [-0.15, -0.1) is 0 Å². The van der Waals surface area contributed by atoms with E-state index in [0.717, 1.165) is 5.69 Å². The van der Waals surface area contributed by atoms with Crippen molar-refractivity contribution in [2.45, 2.75) is 10.8 Å².